The highest BCUT2D eigenvalue weighted by Gasteiger charge is 2.34. The Kier molecular flexibility index (Phi) is 6.24. The maximum absolute atomic E-state index is 12.9. The van der Waals surface area contributed by atoms with Crippen LogP contribution >= 0.6 is 0 Å². The Morgan fingerprint density at radius 2 is 1.53 bits per heavy atom. The summed E-state index contributed by atoms with van der Waals surface area (Å²) in [5, 5.41) is 5.65. The molecule has 3 amide bonds. The van der Waals surface area contributed by atoms with Gasteiger partial charge >= 0.3 is 0 Å². The molecule has 3 aromatic carbocycles. The van der Waals surface area contributed by atoms with E-state index in [1.807, 2.05) is 56.3 Å². The van der Waals surface area contributed by atoms with E-state index in [9.17, 15) is 14.4 Å². The van der Waals surface area contributed by atoms with Crippen LogP contribution in [0.4, 0.5) is 0 Å². The van der Waals surface area contributed by atoms with Gasteiger partial charge in [0.2, 0.25) is 18.2 Å². The van der Waals surface area contributed by atoms with Gasteiger partial charge in [0.25, 0.3) is 0 Å². The number of benzene rings is 3. The Hall–Kier alpha value is -3.93. The Morgan fingerprint density at radius 3 is 2.15 bits per heavy atom. The first-order valence-electron chi connectivity index (χ1n) is 11.4. The van der Waals surface area contributed by atoms with Gasteiger partial charge in [-0.2, -0.15) is 0 Å². The minimum Gasteiger partial charge on any atom is -0.368 e. The van der Waals surface area contributed by atoms with E-state index in [-0.39, 0.29) is 17.9 Å². The van der Waals surface area contributed by atoms with Crippen molar-refractivity contribution < 1.29 is 14.4 Å². The molecule has 0 saturated carbocycles. The lowest BCUT2D eigenvalue weighted by molar-refractivity contribution is -0.123. The van der Waals surface area contributed by atoms with Gasteiger partial charge in [0.15, 0.2) is 0 Å². The fraction of sp³-hybridized carbons (Fsp3) is 0.250. The van der Waals surface area contributed by atoms with E-state index in [0.717, 1.165) is 27.8 Å². The van der Waals surface area contributed by atoms with Crippen molar-refractivity contribution in [2.45, 2.75) is 44.2 Å². The Bertz CT molecular complexity index is 1250. The molecule has 0 aromatic heterocycles. The lowest BCUT2D eigenvalue weighted by Crippen LogP contribution is -2.33. The van der Waals surface area contributed by atoms with Crippen molar-refractivity contribution in [3.8, 4) is 0 Å². The molecular formula is C28H29N3O3. The number of nitrogens with two attached hydrogens (primary N) is 1. The smallest absolute Gasteiger partial charge is 0.244 e. The van der Waals surface area contributed by atoms with Crippen LogP contribution in [0.1, 0.15) is 72.2 Å². The fourth-order valence-electron chi connectivity index (χ4n) is 4.75. The number of amides is 3. The third-order valence-corrected chi connectivity index (χ3v) is 7.00. The predicted molar refractivity (Wildman–Crippen MR) is 131 cm³/mol. The van der Waals surface area contributed by atoms with E-state index in [1.54, 1.807) is 6.07 Å². The van der Waals surface area contributed by atoms with Crippen LogP contribution in [-0.4, -0.2) is 18.2 Å². The first kappa shape index (κ1) is 23.2. The van der Waals surface area contributed by atoms with Gasteiger partial charge in [-0.1, -0.05) is 72.8 Å². The van der Waals surface area contributed by atoms with Crippen molar-refractivity contribution in [3.63, 3.8) is 0 Å². The minimum absolute atomic E-state index is 0.0232. The zero-order chi connectivity index (χ0) is 24.5. The van der Waals surface area contributed by atoms with Gasteiger partial charge in [-0.25, -0.2) is 0 Å². The van der Waals surface area contributed by atoms with Crippen LogP contribution in [0, 0.1) is 0 Å². The monoisotopic (exact) mass is 455 g/mol. The number of primary amides is 1. The normalized spacial score (nSPS) is 22.6. The molecule has 34 heavy (non-hydrogen) atoms. The zero-order valence-electron chi connectivity index (χ0n) is 19.5. The molecule has 4 atom stereocenters. The number of fused-ring (bicyclic) bond motifs is 4. The molecule has 6 nitrogen and oxygen atoms in total. The second-order valence-corrected chi connectivity index (χ2v) is 9.07. The van der Waals surface area contributed by atoms with Gasteiger partial charge in [-0.05, 0) is 54.2 Å². The molecule has 1 heterocycles. The number of carbonyl (C=O) groups excluding carboxylic acids is 3. The van der Waals surface area contributed by atoms with Gasteiger partial charge < -0.3 is 16.4 Å². The lowest BCUT2D eigenvalue weighted by Gasteiger charge is -2.33. The second-order valence-electron chi connectivity index (χ2n) is 9.07. The number of hydrogen-bond donors (Lipinski definition) is 3. The molecule has 1 aliphatic heterocycles. The summed E-state index contributed by atoms with van der Waals surface area (Å²) in [6.45, 7) is 6.03. The van der Waals surface area contributed by atoms with Crippen molar-refractivity contribution in [1.82, 2.24) is 10.6 Å². The lowest BCUT2D eigenvalue weighted by atomic mass is 9.69. The Labute approximate surface area is 199 Å². The molecule has 174 valence electrons. The van der Waals surface area contributed by atoms with E-state index in [0.29, 0.717) is 12.0 Å². The average molecular weight is 456 g/mol. The zero-order valence-corrected chi connectivity index (χ0v) is 19.5. The van der Waals surface area contributed by atoms with Crippen LogP contribution in [0.2, 0.25) is 0 Å². The molecule has 0 saturated heterocycles. The van der Waals surface area contributed by atoms with Gasteiger partial charge in [0, 0.05) is 5.41 Å². The average Bonchev–Trinajstić information content (AvgIpc) is 2.86. The maximum Gasteiger partial charge on any atom is 0.244 e. The molecule has 4 N–H and O–H groups in total. The molecule has 6 heteroatoms. The summed E-state index contributed by atoms with van der Waals surface area (Å²) in [6.07, 6.45) is 0.483. The van der Waals surface area contributed by atoms with Crippen molar-refractivity contribution in [3.05, 3.63) is 106 Å². The van der Waals surface area contributed by atoms with Gasteiger partial charge in [-0.15, -0.1) is 0 Å². The first-order chi connectivity index (χ1) is 16.3. The molecule has 4 unspecified atom stereocenters. The van der Waals surface area contributed by atoms with Crippen LogP contribution in [-0.2, 0) is 19.8 Å². The van der Waals surface area contributed by atoms with Crippen LogP contribution in [0.5, 0.6) is 0 Å². The standard InChI is InChI=1S/C28H29N3O3/c1-17-19-7-4-10-22(13-19)28(3,23-11-5-8-20(14-23)18(2)31-27(17)34)24-12-6-9-21(15-24)25(26(29)33)30-16-32/h4-18,25H,1-3H3,(H2,29,33)(H,30,32)(H,31,34). The minimum atomic E-state index is -0.927. The van der Waals surface area contributed by atoms with E-state index in [4.69, 9.17) is 5.73 Å². The van der Waals surface area contributed by atoms with Crippen LogP contribution < -0.4 is 16.4 Å². The Morgan fingerprint density at radius 1 is 0.971 bits per heavy atom. The molecule has 0 spiro atoms. The summed E-state index contributed by atoms with van der Waals surface area (Å²) in [5.74, 6) is -0.969. The maximum atomic E-state index is 12.9. The van der Waals surface area contributed by atoms with Gasteiger partial charge in [-0.3, -0.25) is 14.4 Å². The van der Waals surface area contributed by atoms with E-state index in [1.165, 1.54) is 0 Å². The number of hydrogen-bond acceptors (Lipinski definition) is 3. The quantitative estimate of drug-likeness (QED) is 0.512. The molecule has 1 aliphatic rings. The highest BCUT2D eigenvalue weighted by molar-refractivity contribution is 5.84. The summed E-state index contributed by atoms with van der Waals surface area (Å²) in [6, 6.07) is 22.8. The van der Waals surface area contributed by atoms with Crippen LogP contribution in [0.3, 0.4) is 0 Å². The largest absolute Gasteiger partial charge is 0.368 e. The molecule has 0 fully saturated rings. The van der Waals surface area contributed by atoms with Gasteiger partial charge in [0.05, 0.1) is 12.0 Å². The summed E-state index contributed by atoms with van der Waals surface area (Å²) in [4.78, 5) is 36.1. The third-order valence-electron chi connectivity index (χ3n) is 7.00. The van der Waals surface area contributed by atoms with E-state index >= 15 is 0 Å². The van der Waals surface area contributed by atoms with Crippen LogP contribution in [0.25, 0.3) is 0 Å². The molecule has 0 radical (unpaired) electrons. The number of rotatable bonds is 5. The third kappa shape index (κ3) is 4.07. The summed E-state index contributed by atoms with van der Waals surface area (Å²) < 4.78 is 0. The van der Waals surface area contributed by atoms with E-state index in [2.05, 4.69) is 41.8 Å². The van der Waals surface area contributed by atoms with Crippen molar-refractivity contribution in [2.24, 2.45) is 5.73 Å². The van der Waals surface area contributed by atoms with Gasteiger partial charge in [0.1, 0.15) is 6.04 Å². The topological polar surface area (TPSA) is 101 Å². The number of nitrogens with one attached hydrogen (secondary N) is 2. The molecule has 0 aliphatic carbocycles. The van der Waals surface area contributed by atoms with E-state index < -0.39 is 17.4 Å². The summed E-state index contributed by atoms with van der Waals surface area (Å²) >= 11 is 0. The van der Waals surface area contributed by atoms with Crippen molar-refractivity contribution in [2.75, 3.05) is 0 Å². The first-order valence-corrected chi connectivity index (χ1v) is 11.4. The molecule has 4 rings (SSSR count). The highest BCUT2D eigenvalue weighted by Crippen LogP contribution is 2.41. The van der Waals surface area contributed by atoms with Crippen molar-refractivity contribution in [1.29, 1.82) is 0 Å². The highest BCUT2D eigenvalue weighted by atomic mass is 16.2. The predicted octanol–water partition coefficient (Wildman–Crippen LogP) is 3.61. The van der Waals surface area contributed by atoms with Crippen molar-refractivity contribution >= 4 is 18.2 Å². The number of carbonyl (C=O) groups is 3. The Balaban J connectivity index is 1.99. The summed E-state index contributed by atoms with van der Waals surface area (Å²) in [7, 11) is 0. The van der Waals surface area contributed by atoms with Crippen LogP contribution in [0.15, 0.2) is 72.8 Å². The summed E-state index contributed by atoms with van der Waals surface area (Å²) in [5.41, 5.74) is 10.5. The molecular weight excluding hydrogens is 426 g/mol. The fourth-order valence-corrected chi connectivity index (χ4v) is 4.75. The molecule has 3 aromatic rings. The molecule has 4 bridgehead atoms. The second kappa shape index (κ2) is 9.14. The SMILES string of the molecule is CC1NC(=O)C(C)c2cccc(c2)C(C)(c2cccc(C(NC=O)C(N)=O)c2)c2cccc1c2.